The molecule has 0 unspecified atom stereocenters. The molecule has 0 amide bonds. The van der Waals surface area contributed by atoms with Crippen LogP contribution in [-0.4, -0.2) is 48.2 Å². The lowest BCUT2D eigenvalue weighted by Gasteiger charge is -2.35. The lowest BCUT2D eigenvalue weighted by Crippen LogP contribution is -2.45. The van der Waals surface area contributed by atoms with Crippen LogP contribution in [0, 0.1) is 11.2 Å². The second kappa shape index (κ2) is 6.51. The van der Waals surface area contributed by atoms with Crippen LogP contribution in [-0.2, 0) is 11.3 Å². The van der Waals surface area contributed by atoms with Gasteiger partial charge in [0, 0.05) is 44.7 Å². The molecule has 2 rings (SSSR count). The van der Waals surface area contributed by atoms with Crippen LogP contribution in [0.3, 0.4) is 0 Å². The van der Waals surface area contributed by atoms with Crippen molar-refractivity contribution in [2.45, 2.75) is 25.0 Å². The van der Waals surface area contributed by atoms with Gasteiger partial charge in [0.25, 0.3) is 0 Å². The van der Waals surface area contributed by atoms with Crippen LogP contribution in [0.2, 0.25) is 0 Å². The molecule has 5 nitrogen and oxygen atoms in total. The number of ether oxygens (including phenoxy) is 1. The Labute approximate surface area is 124 Å². The number of amidine groups is 1. The molecule has 6 heteroatoms. The predicted molar refractivity (Wildman–Crippen MR) is 78.8 cm³/mol. The zero-order valence-electron chi connectivity index (χ0n) is 12.2. The summed E-state index contributed by atoms with van der Waals surface area (Å²) in [6, 6.07) is 4.38. The number of rotatable bonds is 5. The van der Waals surface area contributed by atoms with Crippen LogP contribution < -0.4 is 5.73 Å². The highest BCUT2D eigenvalue weighted by atomic mass is 19.1. The number of nitrogens with two attached hydrogens (primary N) is 1. The quantitative estimate of drug-likeness (QED) is 0.561. The summed E-state index contributed by atoms with van der Waals surface area (Å²) >= 11 is 0. The largest absolute Gasteiger partial charge is 0.388 e. The van der Waals surface area contributed by atoms with E-state index >= 15 is 0 Å². The first-order valence-electron chi connectivity index (χ1n) is 7.00. The first kappa shape index (κ1) is 15.9. The van der Waals surface area contributed by atoms with Crippen LogP contribution in [0.15, 0.2) is 18.2 Å². The van der Waals surface area contributed by atoms with E-state index in [1.54, 1.807) is 6.07 Å². The summed E-state index contributed by atoms with van der Waals surface area (Å²) in [5.41, 5.74) is 5.77. The highest BCUT2D eigenvalue weighted by Crippen LogP contribution is 2.22. The molecule has 1 aliphatic heterocycles. The molecule has 0 spiro atoms. The Morgan fingerprint density at radius 3 is 2.71 bits per heavy atom. The van der Waals surface area contributed by atoms with Crippen molar-refractivity contribution in [3.63, 3.8) is 0 Å². The van der Waals surface area contributed by atoms with Gasteiger partial charge in [-0.2, -0.15) is 0 Å². The average molecular weight is 295 g/mol. The number of hydrogen-bond acceptors (Lipinski definition) is 4. The number of likely N-dealkylation sites (N-methyl/N-ethyl adjacent to an activating group) is 1. The van der Waals surface area contributed by atoms with Gasteiger partial charge in [0.15, 0.2) is 0 Å². The molecule has 4 N–H and O–H groups in total. The standard InChI is InChI=1S/C15H22FN3O2/c1-19(10-15(20)2-4-21-5-3-15)9-11-6-12(14(17)18)8-13(16)7-11/h6-8,20H,2-5,9-10H2,1H3,(H3,17,18). The minimum atomic E-state index is -0.746. The Morgan fingerprint density at radius 1 is 1.43 bits per heavy atom. The molecule has 0 atom stereocenters. The maximum absolute atomic E-state index is 13.5. The number of nitrogens with one attached hydrogen (secondary N) is 1. The fourth-order valence-corrected chi connectivity index (χ4v) is 2.68. The van der Waals surface area contributed by atoms with Gasteiger partial charge in [-0.15, -0.1) is 0 Å². The third-order valence-electron chi connectivity index (χ3n) is 3.71. The minimum Gasteiger partial charge on any atom is -0.388 e. The van der Waals surface area contributed by atoms with E-state index in [1.807, 2.05) is 11.9 Å². The molecule has 0 saturated carbocycles. The van der Waals surface area contributed by atoms with Crippen LogP contribution in [0.4, 0.5) is 4.39 Å². The molecule has 21 heavy (non-hydrogen) atoms. The molecule has 0 aromatic heterocycles. The van der Waals surface area contributed by atoms with Gasteiger partial charge in [-0.1, -0.05) is 0 Å². The minimum absolute atomic E-state index is 0.151. The molecule has 116 valence electrons. The summed E-state index contributed by atoms with van der Waals surface area (Å²) < 4.78 is 18.8. The highest BCUT2D eigenvalue weighted by molar-refractivity contribution is 5.95. The van der Waals surface area contributed by atoms with Gasteiger partial charge >= 0.3 is 0 Å². The van der Waals surface area contributed by atoms with Crippen LogP contribution >= 0.6 is 0 Å². The summed E-state index contributed by atoms with van der Waals surface area (Å²) in [5, 5.41) is 17.9. The molecule has 1 aromatic rings. The summed E-state index contributed by atoms with van der Waals surface area (Å²) in [6.45, 7) is 2.13. The Hall–Kier alpha value is -1.50. The van der Waals surface area contributed by atoms with Crippen molar-refractivity contribution in [2.75, 3.05) is 26.8 Å². The maximum Gasteiger partial charge on any atom is 0.124 e. The second-order valence-electron chi connectivity index (χ2n) is 5.77. The summed E-state index contributed by atoms with van der Waals surface area (Å²) in [4.78, 5) is 1.95. The third-order valence-corrected chi connectivity index (χ3v) is 3.71. The zero-order chi connectivity index (χ0) is 15.5. The number of nitrogens with zero attached hydrogens (tertiary/aromatic N) is 1. The van der Waals surface area contributed by atoms with Crippen molar-refractivity contribution in [1.82, 2.24) is 4.90 Å². The van der Waals surface area contributed by atoms with E-state index in [-0.39, 0.29) is 5.84 Å². The van der Waals surface area contributed by atoms with Gasteiger partial charge in [-0.05, 0) is 30.8 Å². The Bertz CT molecular complexity index is 516. The fraction of sp³-hybridized carbons (Fsp3) is 0.533. The lowest BCUT2D eigenvalue weighted by molar-refractivity contribution is -0.0777. The molecular formula is C15H22FN3O2. The van der Waals surface area contributed by atoms with Crippen molar-refractivity contribution in [3.05, 3.63) is 35.1 Å². The van der Waals surface area contributed by atoms with Crippen LogP contribution in [0.25, 0.3) is 0 Å². The second-order valence-corrected chi connectivity index (χ2v) is 5.77. The van der Waals surface area contributed by atoms with Gasteiger partial charge in [0.2, 0.25) is 0 Å². The molecule has 1 heterocycles. The van der Waals surface area contributed by atoms with Crippen molar-refractivity contribution < 1.29 is 14.2 Å². The van der Waals surface area contributed by atoms with E-state index in [1.165, 1.54) is 12.1 Å². The molecule has 1 saturated heterocycles. The number of halogens is 1. The molecule has 1 aromatic carbocycles. The van der Waals surface area contributed by atoms with E-state index in [2.05, 4.69) is 0 Å². The molecule has 0 aliphatic carbocycles. The summed E-state index contributed by atoms with van der Waals surface area (Å²) in [7, 11) is 1.88. The van der Waals surface area contributed by atoms with Crippen molar-refractivity contribution in [1.29, 1.82) is 5.41 Å². The Balaban J connectivity index is 2.02. The maximum atomic E-state index is 13.5. The molecule has 1 aliphatic rings. The molecular weight excluding hydrogens is 273 g/mol. The molecule has 1 fully saturated rings. The predicted octanol–water partition coefficient (Wildman–Crippen LogP) is 1.08. The normalized spacial score (nSPS) is 17.9. The van der Waals surface area contributed by atoms with E-state index in [0.29, 0.717) is 44.7 Å². The first-order chi connectivity index (χ1) is 9.88. The van der Waals surface area contributed by atoms with Crippen LogP contribution in [0.1, 0.15) is 24.0 Å². The first-order valence-corrected chi connectivity index (χ1v) is 7.00. The van der Waals surface area contributed by atoms with Crippen molar-refractivity contribution in [3.8, 4) is 0 Å². The Kier molecular flexibility index (Phi) is 4.92. The van der Waals surface area contributed by atoms with E-state index in [0.717, 1.165) is 5.56 Å². The van der Waals surface area contributed by atoms with Crippen molar-refractivity contribution in [2.24, 2.45) is 5.73 Å². The molecule has 0 bridgehead atoms. The fourth-order valence-electron chi connectivity index (χ4n) is 2.68. The smallest absolute Gasteiger partial charge is 0.124 e. The van der Waals surface area contributed by atoms with Gasteiger partial charge in [-0.25, -0.2) is 4.39 Å². The zero-order valence-corrected chi connectivity index (χ0v) is 12.2. The number of aliphatic hydroxyl groups is 1. The third kappa shape index (κ3) is 4.49. The van der Waals surface area contributed by atoms with Gasteiger partial charge in [0.05, 0.1) is 5.60 Å². The highest BCUT2D eigenvalue weighted by Gasteiger charge is 2.30. The van der Waals surface area contributed by atoms with Gasteiger partial charge < -0.3 is 15.6 Å². The lowest BCUT2D eigenvalue weighted by atomic mass is 9.94. The van der Waals surface area contributed by atoms with Gasteiger partial charge in [-0.3, -0.25) is 10.3 Å². The summed E-state index contributed by atoms with van der Waals surface area (Å²) in [5.74, 6) is -0.558. The number of nitrogen functional groups attached to an aromatic ring is 1. The number of benzene rings is 1. The van der Waals surface area contributed by atoms with Gasteiger partial charge in [0.1, 0.15) is 11.7 Å². The Morgan fingerprint density at radius 2 is 2.10 bits per heavy atom. The van der Waals surface area contributed by atoms with E-state index in [4.69, 9.17) is 15.9 Å². The number of hydrogen-bond donors (Lipinski definition) is 3. The van der Waals surface area contributed by atoms with Crippen molar-refractivity contribution >= 4 is 5.84 Å². The molecule has 0 radical (unpaired) electrons. The monoisotopic (exact) mass is 295 g/mol. The van der Waals surface area contributed by atoms with E-state index in [9.17, 15) is 9.50 Å². The van der Waals surface area contributed by atoms with Crippen LogP contribution in [0.5, 0.6) is 0 Å². The SMILES string of the molecule is CN(Cc1cc(F)cc(C(=N)N)c1)CC1(O)CCOCC1. The summed E-state index contributed by atoms with van der Waals surface area (Å²) in [6.07, 6.45) is 1.22. The average Bonchev–Trinajstić information content (AvgIpc) is 2.37. The van der Waals surface area contributed by atoms with E-state index < -0.39 is 11.4 Å². The topological polar surface area (TPSA) is 82.6 Å².